The average Bonchev–Trinajstić information content (AvgIpc) is 2.99. The lowest BCUT2D eigenvalue weighted by Crippen LogP contribution is -2.30. The molecule has 0 radical (unpaired) electrons. The number of hydrogen-bond donors (Lipinski definition) is 2. The van der Waals surface area contributed by atoms with Crippen LogP contribution in [-0.2, 0) is 11.8 Å². The van der Waals surface area contributed by atoms with E-state index >= 15 is 0 Å². The minimum Gasteiger partial charge on any atom is -0.871 e. The highest BCUT2D eigenvalue weighted by Gasteiger charge is 2.43. The summed E-state index contributed by atoms with van der Waals surface area (Å²) in [4.78, 5) is 13.2. The van der Waals surface area contributed by atoms with Crippen LogP contribution < -0.4 is 10.3 Å². The predicted octanol–water partition coefficient (Wildman–Crippen LogP) is 2.70. The minimum absolute atomic E-state index is 0.249. The second-order valence-corrected chi connectivity index (χ2v) is 7.12. The number of fused-ring (bicyclic) bond motifs is 3. The second-order valence-electron chi connectivity index (χ2n) is 7.12. The van der Waals surface area contributed by atoms with Crippen LogP contribution in [0.1, 0.15) is 46.5 Å². The highest BCUT2D eigenvalue weighted by Crippen LogP contribution is 2.51. The molecule has 2 N–H and O–H groups in total. The molecular weight excluding hydrogens is 332 g/mol. The van der Waals surface area contributed by atoms with E-state index in [0.29, 0.717) is 23.1 Å². The van der Waals surface area contributed by atoms with Gasteiger partial charge in [-0.15, -0.1) is 5.23 Å². The molecule has 130 valence electrons. The Balaban J connectivity index is 1.96. The maximum atomic E-state index is 13.2. The van der Waals surface area contributed by atoms with E-state index in [1.165, 1.54) is 12.1 Å². The predicted molar refractivity (Wildman–Crippen MR) is 91.1 cm³/mol. The van der Waals surface area contributed by atoms with Gasteiger partial charge in [0.25, 0.3) is 0 Å². The first-order valence-corrected chi connectivity index (χ1v) is 8.11. The number of hydrogen-bond acceptors (Lipinski definition) is 6. The fourth-order valence-electron chi connectivity index (χ4n) is 4.01. The highest BCUT2D eigenvalue weighted by molar-refractivity contribution is 6.33. The summed E-state index contributed by atoms with van der Waals surface area (Å²) in [5, 5.41) is 39.6. The molecule has 0 spiro atoms. The third-order valence-corrected chi connectivity index (χ3v) is 5.39. The quantitative estimate of drug-likeness (QED) is 0.768. The van der Waals surface area contributed by atoms with E-state index in [2.05, 4.69) is 6.07 Å². The molecule has 0 atom stereocenters. The van der Waals surface area contributed by atoms with Crippen LogP contribution in [0.2, 0.25) is 0 Å². The molecule has 0 unspecified atom stereocenters. The Hall–Kier alpha value is -3.14. The number of nitriles is 1. The van der Waals surface area contributed by atoms with Gasteiger partial charge >= 0.3 is 0 Å². The summed E-state index contributed by atoms with van der Waals surface area (Å²) < 4.78 is 0. The highest BCUT2D eigenvalue weighted by atomic mass is 16.8. The first kappa shape index (κ1) is 16.3. The number of ketones is 1. The summed E-state index contributed by atoms with van der Waals surface area (Å²) in [5.41, 5.74) is 3.65. The molecule has 2 aromatic carbocycles. The summed E-state index contributed by atoms with van der Waals surface area (Å²) in [6.07, 6.45) is 0.542. The maximum absolute atomic E-state index is 13.2. The molecule has 0 amide bonds. The number of allylic oxidation sites excluding steroid dienone is 2. The zero-order valence-corrected chi connectivity index (χ0v) is 14.2. The van der Waals surface area contributed by atoms with Crippen molar-refractivity contribution in [2.45, 2.75) is 25.7 Å². The van der Waals surface area contributed by atoms with Gasteiger partial charge in [-0.3, -0.25) is 15.2 Å². The normalized spacial score (nSPS) is 16.7. The summed E-state index contributed by atoms with van der Waals surface area (Å²) >= 11 is 0. The smallest absolute Gasteiger partial charge is 0.194 e. The third-order valence-electron chi connectivity index (χ3n) is 5.39. The van der Waals surface area contributed by atoms with Crippen LogP contribution in [0.3, 0.4) is 0 Å². The SMILES string of the molecule is CC1(C)C2=C(C(=O)c3cc(N(O)O)c([O-])cc31)c1ccc(C#N)cc1C2. The van der Waals surface area contributed by atoms with E-state index in [4.69, 9.17) is 5.26 Å². The summed E-state index contributed by atoms with van der Waals surface area (Å²) in [7, 11) is 0. The van der Waals surface area contributed by atoms with Crippen molar-refractivity contribution in [3.8, 4) is 11.8 Å². The van der Waals surface area contributed by atoms with Crippen LogP contribution in [0.4, 0.5) is 5.69 Å². The van der Waals surface area contributed by atoms with Crippen molar-refractivity contribution >= 4 is 17.0 Å². The van der Waals surface area contributed by atoms with Gasteiger partial charge in [-0.2, -0.15) is 5.26 Å². The van der Waals surface area contributed by atoms with Crippen molar-refractivity contribution in [1.82, 2.24) is 0 Å². The molecular formula is C20H15N2O4-. The number of carbonyl (C=O) groups is 1. The number of rotatable bonds is 1. The van der Waals surface area contributed by atoms with Crippen LogP contribution in [0, 0.1) is 11.3 Å². The number of benzene rings is 2. The molecule has 0 fully saturated rings. The van der Waals surface area contributed by atoms with Crippen LogP contribution in [0.5, 0.6) is 5.75 Å². The Morgan fingerprint density at radius 2 is 1.92 bits per heavy atom. The maximum Gasteiger partial charge on any atom is 0.194 e. The second kappa shape index (κ2) is 5.18. The molecule has 0 saturated carbocycles. The molecule has 26 heavy (non-hydrogen) atoms. The average molecular weight is 347 g/mol. The molecule has 4 rings (SSSR count). The molecule has 2 aliphatic carbocycles. The van der Waals surface area contributed by atoms with Crippen LogP contribution in [-0.4, -0.2) is 16.2 Å². The molecule has 0 heterocycles. The summed E-state index contributed by atoms with van der Waals surface area (Å²) in [6.45, 7) is 3.89. The summed E-state index contributed by atoms with van der Waals surface area (Å²) in [6, 6.07) is 9.89. The topological polar surface area (TPSA) is 108 Å². The largest absolute Gasteiger partial charge is 0.871 e. The van der Waals surface area contributed by atoms with Gasteiger partial charge in [0.2, 0.25) is 0 Å². The standard InChI is InChI=1S/C20H16N2O4/c1-20(2)14-8-17(23)16(22(25)26)7-13(14)19(24)18-12-4-3-10(9-21)5-11(12)6-15(18)20/h3-5,7-8,23,25-26H,6H2,1-2H3/p-1. The molecule has 6 nitrogen and oxygen atoms in total. The number of anilines is 1. The molecule has 0 saturated heterocycles. The van der Waals surface area contributed by atoms with Gasteiger partial charge in [-0.1, -0.05) is 31.7 Å². The van der Waals surface area contributed by atoms with E-state index in [-0.39, 0.29) is 22.3 Å². The van der Waals surface area contributed by atoms with Gasteiger partial charge < -0.3 is 5.11 Å². The van der Waals surface area contributed by atoms with Crippen molar-refractivity contribution in [2.24, 2.45) is 0 Å². The van der Waals surface area contributed by atoms with Gasteiger partial charge in [0.15, 0.2) is 5.78 Å². The first-order chi connectivity index (χ1) is 12.3. The number of nitrogens with zero attached hydrogens (tertiary/aromatic N) is 2. The van der Waals surface area contributed by atoms with Crippen LogP contribution in [0.15, 0.2) is 35.9 Å². The van der Waals surface area contributed by atoms with Crippen LogP contribution in [0.25, 0.3) is 5.57 Å². The Bertz CT molecular complexity index is 1060. The van der Waals surface area contributed by atoms with E-state index < -0.39 is 11.2 Å². The van der Waals surface area contributed by atoms with Crippen molar-refractivity contribution in [2.75, 3.05) is 5.23 Å². The Labute approximate surface area is 149 Å². The fourth-order valence-corrected chi connectivity index (χ4v) is 4.01. The zero-order valence-electron chi connectivity index (χ0n) is 14.2. The number of carbonyl (C=O) groups excluding carboxylic acids is 1. The van der Waals surface area contributed by atoms with Gasteiger partial charge in [-0.25, -0.2) is 0 Å². The lowest BCUT2D eigenvalue weighted by atomic mass is 9.68. The lowest BCUT2D eigenvalue weighted by Gasteiger charge is -2.36. The van der Waals surface area contributed by atoms with E-state index in [0.717, 1.165) is 16.7 Å². The molecule has 0 aliphatic heterocycles. The van der Waals surface area contributed by atoms with Gasteiger partial charge in [0.05, 0.1) is 17.3 Å². The zero-order chi connectivity index (χ0) is 18.8. The van der Waals surface area contributed by atoms with Gasteiger partial charge in [0, 0.05) is 16.6 Å². The van der Waals surface area contributed by atoms with E-state index in [1.54, 1.807) is 18.2 Å². The summed E-state index contributed by atoms with van der Waals surface area (Å²) in [5.74, 6) is -0.818. The van der Waals surface area contributed by atoms with E-state index in [9.17, 15) is 20.3 Å². The Morgan fingerprint density at radius 1 is 1.19 bits per heavy atom. The Kier molecular flexibility index (Phi) is 3.25. The van der Waals surface area contributed by atoms with Crippen LogP contribution >= 0.6 is 0 Å². The van der Waals surface area contributed by atoms with E-state index in [1.807, 2.05) is 13.8 Å². The lowest BCUT2D eigenvalue weighted by molar-refractivity contribution is -0.268. The Morgan fingerprint density at radius 3 is 2.58 bits per heavy atom. The number of Topliss-reactive ketones (excluding diaryl/α,β-unsaturated/α-hetero) is 1. The first-order valence-electron chi connectivity index (χ1n) is 8.11. The van der Waals surface area contributed by atoms with Crippen molar-refractivity contribution < 1.29 is 20.3 Å². The van der Waals surface area contributed by atoms with Crippen molar-refractivity contribution in [3.05, 3.63) is 63.7 Å². The van der Waals surface area contributed by atoms with Gasteiger partial charge in [0.1, 0.15) is 0 Å². The molecule has 6 heteroatoms. The third kappa shape index (κ3) is 2.02. The van der Waals surface area contributed by atoms with Crippen molar-refractivity contribution in [3.63, 3.8) is 0 Å². The molecule has 2 aliphatic rings. The minimum atomic E-state index is -0.572. The fraction of sp³-hybridized carbons (Fsp3) is 0.200. The molecule has 0 bridgehead atoms. The molecule has 2 aromatic rings. The van der Waals surface area contributed by atoms with Crippen molar-refractivity contribution in [1.29, 1.82) is 5.26 Å². The molecule has 0 aromatic heterocycles. The van der Waals surface area contributed by atoms with Gasteiger partial charge in [-0.05, 0) is 46.9 Å². The monoisotopic (exact) mass is 347 g/mol.